The molecule has 103 heavy (non-hydrogen) atoms. The summed E-state index contributed by atoms with van der Waals surface area (Å²) in [4.78, 5) is 58.7. The van der Waals surface area contributed by atoms with E-state index in [0.717, 1.165) is 167 Å². The van der Waals surface area contributed by atoms with Crippen LogP contribution in [0.1, 0.15) is 316 Å². The molecule has 5 atom stereocenters. The third-order valence-corrected chi connectivity index (χ3v) is 18.4. The van der Waals surface area contributed by atoms with Gasteiger partial charge in [0.25, 0.3) is 0 Å². The first-order valence-corrected chi connectivity index (χ1v) is 43.1. The van der Waals surface area contributed by atoms with Crippen LogP contribution in [0.3, 0.4) is 0 Å². The highest BCUT2D eigenvalue weighted by atomic mass is 31.2. The lowest BCUT2D eigenvalue weighted by Crippen LogP contribution is -2.30. The number of aliphatic hydroxyl groups excluding tert-OH is 2. The van der Waals surface area contributed by atoms with Crippen LogP contribution in [0.4, 0.5) is 0 Å². The summed E-state index contributed by atoms with van der Waals surface area (Å²) in [5.74, 6) is -1.61. The summed E-state index contributed by atoms with van der Waals surface area (Å²) in [6, 6.07) is 0. The lowest BCUT2D eigenvalue weighted by Gasteiger charge is -2.21. The fourth-order valence-electron chi connectivity index (χ4n) is 10.5. The van der Waals surface area contributed by atoms with Crippen molar-refractivity contribution in [3.05, 3.63) is 146 Å². The molecule has 0 spiro atoms. The van der Waals surface area contributed by atoms with Gasteiger partial charge in [0, 0.05) is 19.3 Å². The molecule has 4 N–H and O–H groups in total. The molecule has 18 heteroatoms. The molecule has 0 aromatic heterocycles. The smallest absolute Gasteiger partial charge is 0.463 e. The zero-order valence-corrected chi connectivity index (χ0v) is 66.2. The van der Waals surface area contributed by atoms with Crippen LogP contribution in [0, 0.1) is 0 Å². The van der Waals surface area contributed by atoms with E-state index in [-0.39, 0.29) is 19.3 Å². The molecule has 16 nitrogen and oxygen atoms in total. The van der Waals surface area contributed by atoms with Gasteiger partial charge in [-0.1, -0.05) is 301 Å². The van der Waals surface area contributed by atoms with Crippen LogP contribution < -0.4 is 0 Å². The average molecular weight is 1480 g/mol. The van der Waals surface area contributed by atoms with E-state index in [1.54, 1.807) is 0 Å². The van der Waals surface area contributed by atoms with Crippen LogP contribution in [0.5, 0.6) is 0 Å². The number of rotatable bonds is 75. The number of ether oxygens (including phenoxy) is 3. The Morgan fingerprint density at radius 2 is 0.515 bits per heavy atom. The van der Waals surface area contributed by atoms with Gasteiger partial charge in [-0.2, -0.15) is 0 Å². The Morgan fingerprint density at radius 3 is 0.825 bits per heavy atom. The van der Waals surface area contributed by atoms with Crippen molar-refractivity contribution < 1.29 is 75.8 Å². The van der Waals surface area contributed by atoms with Gasteiger partial charge in [0.1, 0.15) is 25.4 Å². The van der Waals surface area contributed by atoms with Gasteiger partial charge in [-0.05, 0) is 141 Å². The first-order valence-electron chi connectivity index (χ1n) is 40.1. The highest BCUT2D eigenvalue weighted by molar-refractivity contribution is 7.47. The highest BCUT2D eigenvalue weighted by Gasteiger charge is 2.29. The lowest BCUT2D eigenvalue weighted by molar-refractivity contribution is -0.161. The Balaban J connectivity index is 4.53. The SMILES string of the molecule is CC/C=C\C/C=C\C/C=C\C/C=C\C/C=C\C/C=C\CCCCCCCCCCCCCCC(=O)OCC(O)COP(=O)(O)OCC(O)COP(=O)(O)OCC(COC(=O)CCCCCCC/C=C\C/C=C\C/C=C\C/C=C\C/C=C\CC)OC(=O)CCCCCCC/C=C\CCCCCCCC. The third-order valence-electron chi connectivity index (χ3n) is 16.5. The number of hydrogen-bond acceptors (Lipinski definition) is 14. The maximum absolute atomic E-state index is 13.0. The van der Waals surface area contributed by atoms with Gasteiger partial charge in [-0.3, -0.25) is 32.5 Å². The second-order valence-electron chi connectivity index (χ2n) is 26.5. The van der Waals surface area contributed by atoms with E-state index in [0.29, 0.717) is 19.3 Å². The summed E-state index contributed by atoms with van der Waals surface area (Å²) in [5, 5.41) is 20.6. The van der Waals surface area contributed by atoms with Crippen molar-refractivity contribution in [1.82, 2.24) is 0 Å². The molecule has 0 aliphatic heterocycles. The van der Waals surface area contributed by atoms with Crippen molar-refractivity contribution in [2.45, 2.75) is 334 Å². The quantitative estimate of drug-likeness (QED) is 0.0146. The fourth-order valence-corrected chi connectivity index (χ4v) is 12.1. The second-order valence-corrected chi connectivity index (χ2v) is 29.4. The van der Waals surface area contributed by atoms with Crippen LogP contribution in [0.15, 0.2) is 146 Å². The van der Waals surface area contributed by atoms with E-state index >= 15 is 0 Å². The van der Waals surface area contributed by atoms with Crippen molar-refractivity contribution in [2.24, 2.45) is 0 Å². The number of esters is 3. The Bertz CT molecular complexity index is 2450. The number of allylic oxidation sites excluding steroid dienone is 24. The monoisotopic (exact) mass is 1480 g/mol. The molecule has 0 aliphatic rings. The number of unbranched alkanes of at least 4 members (excludes halogenated alkanes) is 28. The summed E-state index contributed by atoms with van der Waals surface area (Å²) in [7, 11) is -9.80. The van der Waals surface area contributed by atoms with Crippen molar-refractivity contribution >= 4 is 33.6 Å². The molecule has 0 rings (SSSR count). The predicted octanol–water partition coefficient (Wildman–Crippen LogP) is 23.7. The standard InChI is InChI=1S/C85H144O16P2/c1-4-7-10-13-16-19-22-25-28-30-32-34-35-36-37-38-39-40-41-42-43-45-47-48-51-53-56-59-62-65-68-71-83(88)95-74-80(86)75-97-102(91,92)98-76-81(87)77-99-103(93,94)100-79-82(101-85(90)73-70-67-64-61-58-55-50-27-24-21-18-15-12-9-6-3)78-96-84(89)72-69-66-63-60-57-54-52-49-46-44-33-31-29-26-23-20-17-14-11-8-5-2/h7-8,10-11,16-17,19-20,25-29,32-34,36-37,39-40,44,49-50,52,80-82,86-87H,4-6,9,12-15,18,21-24,30-31,35,38,41-43,45-48,51,53-79H2,1-3H3,(H,91,92)(H,93,94)/b10-7-,11-8-,19-16-,20-17-,28-25-,29-26-,34-32-,37-36-,40-39-,44-33-,50-27-,52-49-. The second kappa shape index (κ2) is 77.1. The van der Waals surface area contributed by atoms with E-state index < -0.39 is 91.5 Å². The number of carbonyl (C=O) groups is 3. The Hall–Kier alpha value is -4.57. The summed E-state index contributed by atoms with van der Waals surface area (Å²) in [6.07, 6.45) is 94.6. The Labute approximate surface area is 626 Å². The lowest BCUT2D eigenvalue weighted by atomic mass is 10.0. The fraction of sp³-hybridized carbons (Fsp3) is 0.682. The molecule has 0 heterocycles. The molecule has 0 aromatic carbocycles. The largest absolute Gasteiger partial charge is 0.472 e. The summed E-state index contributed by atoms with van der Waals surface area (Å²) >= 11 is 0. The topological polar surface area (TPSA) is 231 Å². The number of aliphatic hydroxyl groups is 2. The molecular formula is C85H144O16P2. The van der Waals surface area contributed by atoms with E-state index in [9.17, 15) is 43.5 Å². The molecule has 0 fully saturated rings. The highest BCUT2D eigenvalue weighted by Crippen LogP contribution is 2.45. The number of phosphoric acid groups is 2. The summed E-state index contributed by atoms with van der Waals surface area (Å²) < 4.78 is 61.1. The Kier molecular flexibility index (Phi) is 73.6. The molecular weight excluding hydrogens is 1340 g/mol. The van der Waals surface area contributed by atoms with Crippen LogP contribution in [0.25, 0.3) is 0 Å². The molecule has 0 saturated heterocycles. The van der Waals surface area contributed by atoms with Crippen molar-refractivity contribution in [3.8, 4) is 0 Å². The predicted molar refractivity (Wildman–Crippen MR) is 426 cm³/mol. The third kappa shape index (κ3) is 78.3. The van der Waals surface area contributed by atoms with Gasteiger partial charge in [-0.15, -0.1) is 0 Å². The summed E-state index contributed by atoms with van der Waals surface area (Å²) in [5.41, 5.74) is 0. The van der Waals surface area contributed by atoms with Gasteiger partial charge in [0.2, 0.25) is 0 Å². The normalized spacial score (nSPS) is 14.7. The van der Waals surface area contributed by atoms with Gasteiger partial charge in [0.15, 0.2) is 6.10 Å². The summed E-state index contributed by atoms with van der Waals surface area (Å²) in [6.45, 7) is 2.42. The molecule has 0 amide bonds. The molecule has 0 bridgehead atoms. The van der Waals surface area contributed by atoms with Gasteiger partial charge in [0.05, 0.1) is 26.4 Å². The molecule has 0 aliphatic carbocycles. The van der Waals surface area contributed by atoms with E-state index in [1.807, 2.05) is 0 Å². The first-order chi connectivity index (χ1) is 50.2. The number of phosphoric ester groups is 2. The number of carbonyl (C=O) groups excluding carboxylic acids is 3. The van der Waals surface area contributed by atoms with Gasteiger partial charge in [-0.25, -0.2) is 9.13 Å². The first kappa shape index (κ1) is 98.4. The van der Waals surface area contributed by atoms with Crippen LogP contribution in [-0.2, 0) is 55.8 Å². The van der Waals surface area contributed by atoms with Crippen LogP contribution >= 0.6 is 15.6 Å². The van der Waals surface area contributed by atoms with Crippen molar-refractivity contribution in [1.29, 1.82) is 0 Å². The molecule has 0 radical (unpaired) electrons. The number of hydrogen-bond donors (Lipinski definition) is 4. The molecule has 0 aromatic rings. The minimum absolute atomic E-state index is 0.0875. The zero-order valence-electron chi connectivity index (χ0n) is 64.4. The Morgan fingerprint density at radius 1 is 0.282 bits per heavy atom. The minimum atomic E-state index is -4.94. The van der Waals surface area contributed by atoms with Gasteiger partial charge < -0.3 is 34.2 Å². The van der Waals surface area contributed by atoms with Crippen molar-refractivity contribution in [3.63, 3.8) is 0 Å². The zero-order chi connectivity index (χ0) is 75.2. The average Bonchev–Trinajstić information content (AvgIpc) is 0.922. The van der Waals surface area contributed by atoms with Crippen LogP contribution in [-0.4, -0.2) is 95.9 Å². The molecule has 5 unspecified atom stereocenters. The maximum atomic E-state index is 13.0. The van der Waals surface area contributed by atoms with E-state index in [4.69, 9.17) is 32.3 Å². The molecule has 0 saturated carbocycles. The van der Waals surface area contributed by atoms with Gasteiger partial charge >= 0.3 is 33.6 Å². The van der Waals surface area contributed by atoms with E-state index in [2.05, 4.69) is 167 Å². The minimum Gasteiger partial charge on any atom is -0.463 e. The van der Waals surface area contributed by atoms with Crippen LogP contribution in [0.2, 0.25) is 0 Å². The molecule has 590 valence electrons. The van der Waals surface area contributed by atoms with E-state index in [1.165, 1.54) is 89.9 Å². The van der Waals surface area contributed by atoms with Crippen molar-refractivity contribution in [2.75, 3.05) is 39.6 Å². The maximum Gasteiger partial charge on any atom is 0.472 e.